The Morgan fingerprint density at radius 3 is 2.45 bits per heavy atom. The first-order valence-corrected chi connectivity index (χ1v) is 14.7. The molecular formula is C29H29F2N5O3S. The number of halogens is 2. The number of rotatable bonds is 7. The molecule has 2 heterocycles. The van der Waals surface area contributed by atoms with Crippen LogP contribution in [0.3, 0.4) is 0 Å². The summed E-state index contributed by atoms with van der Waals surface area (Å²) in [6, 6.07) is 8.38. The SMILES string of the molecule is Cc1c(F)cc(S(=O)(=O)N2CC[C@@H]2C(=O)N(Cc2cnc(C3CCCCC3)cn2)c2ccccc2F)cc1C#N. The molecule has 40 heavy (non-hydrogen) atoms. The zero-order chi connectivity index (χ0) is 28.4. The number of anilines is 1. The molecule has 1 aromatic heterocycles. The predicted octanol–water partition coefficient (Wildman–Crippen LogP) is 4.98. The molecule has 1 saturated carbocycles. The maximum Gasteiger partial charge on any atom is 0.245 e. The molecule has 2 aromatic carbocycles. The van der Waals surface area contributed by atoms with E-state index in [1.807, 2.05) is 0 Å². The molecule has 1 amide bonds. The molecule has 2 fully saturated rings. The van der Waals surface area contributed by atoms with Gasteiger partial charge in [-0.25, -0.2) is 17.2 Å². The molecule has 8 nitrogen and oxygen atoms in total. The van der Waals surface area contributed by atoms with Crippen molar-refractivity contribution in [1.82, 2.24) is 14.3 Å². The Kier molecular flexibility index (Phi) is 7.92. The molecule has 1 aliphatic carbocycles. The number of benzene rings is 2. The summed E-state index contributed by atoms with van der Waals surface area (Å²) >= 11 is 0. The van der Waals surface area contributed by atoms with Crippen molar-refractivity contribution in [3.8, 4) is 6.07 Å². The third kappa shape index (κ3) is 5.33. The summed E-state index contributed by atoms with van der Waals surface area (Å²) in [5.41, 5.74) is 1.25. The van der Waals surface area contributed by atoms with E-state index in [0.717, 1.165) is 47.8 Å². The smallest absolute Gasteiger partial charge is 0.245 e. The molecule has 0 unspecified atom stereocenters. The molecule has 0 N–H and O–H groups in total. The highest BCUT2D eigenvalue weighted by molar-refractivity contribution is 7.89. The first-order valence-electron chi connectivity index (χ1n) is 13.3. The predicted molar refractivity (Wildman–Crippen MR) is 144 cm³/mol. The van der Waals surface area contributed by atoms with E-state index in [4.69, 9.17) is 0 Å². The lowest BCUT2D eigenvalue weighted by atomic mass is 9.87. The van der Waals surface area contributed by atoms with Crippen LogP contribution in [0, 0.1) is 29.9 Å². The van der Waals surface area contributed by atoms with Crippen LogP contribution in [0.4, 0.5) is 14.5 Å². The Balaban J connectivity index is 1.42. The van der Waals surface area contributed by atoms with E-state index >= 15 is 0 Å². The highest BCUT2D eigenvalue weighted by atomic mass is 32.2. The number of amides is 1. The molecule has 2 aliphatic rings. The number of sulfonamides is 1. The van der Waals surface area contributed by atoms with E-state index < -0.39 is 38.5 Å². The van der Waals surface area contributed by atoms with Gasteiger partial charge < -0.3 is 4.90 Å². The molecule has 0 spiro atoms. The fraction of sp³-hybridized carbons (Fsp3) is 0.379. The van der Waals surface area contributed by atoms with E-state index in [1.54, 1.807) is 24.5 Å². The van der Waals surface area contributed by atoms with Crippen LogP contribution in [0.2, 0.25) is 0 Å². The number of aromatic nitrogens is 2. The van der Waals surface area contributed by atoms with Crippen LogP contribution >= 0.6 is 0 Å². The zero-order valence-corrected chi connectivity index (χ0v) is 22.9. The van der Waals surface area contributed by atoms with Crippen LogP contribution in [-0.4, -0.2) is 41.2 Å². The summed E-state index contributed by atoms with van der Waals surface area (Å²) in [6.45, 7) is 1.30. The first-order chi connectivity index (χ1) is 19.2. The minimum Gasteiger partial charge on any atom is -0.302 e. The highest BCUT2D eigenvalue weighted by Crippen LogP contribution is 2.33. The second kappa shape index (κ2) is 11.4. The van der Waals surface area contributed by atoms with E-state index in [-0.39, 0.29) is 36.3 Å². The van der Waals surface area contributed by atoms with Crippen molar-refractivity contribution in [3.63, 3.8) is 0 Å². The summed E-state index contributed by atoms with van der Waals surface area (Å²) in [7, 11) is -4.31. The van der Waals surface area contributed by atoms with Gasteiger partial charge in [-0.1, -0.05) is 31.4 Å². The van der Waals surface area contributed by atoms with E-state index in [2.05, 4.69) is 9.97 Å². The number of nitrogens with zero attached hydrogens (tertiary/aromatic N) is 5. The molecule has 5 rings (SSSR count). The summed E-state index contributed by atoms with van der Waals surface area (Å²) in [4.78, 5) is 23.7. The Morgan fingerprint density at radius 1 is 1.07 bits per heavy atom. The lowest BCUT2D eigenvalue weighted by Gasteiger charge is -2.41. The average molecular weight is 566 g/mol. The van der Waals surface area contributed by atoms with Crippen molar-refractivity contribution < 1.29 is 22.0 Å². The van der Waals surface area contributed by atoms with Crippen molar-refractivity contribution in [2.24, 2.45) is 0 Å². The Labute approximate surface area is 232 Å². The summed E-state index contributed by atoms with van der Waals surface area (Å²) in [6.07, 6.45) is 9.12. The lowest BCUT2D eigenvalue weighted by molar-refractivity contribution is -0.125. The summed E-state index contributed by atoms with van der Waals surface area (Å²) in [5.74, 6) is -1.76. The van der Waals surface area contributed by atoms with Gasteiger partial charge in [-0.15, -0.1) is 0 Å². The van der Waals surface area contributed by atoms with Crippen LogP contribution in [-0.2, 0) is 21.4 Å². The fourth-order valence-corrected chi connectivity index (χ4v) is 6.97. The number of para-hydroxylation sites is 1. The second-order valence-corrected chi connectivity index (χ2v) is 12.1. The van der Waals surface area contributed by atoms with Crippen molar-refractivity contribution in [3.05, 3.63) is 82.9 Å². The molecule has 1 aliphatic heterocycles. The summed E-state index contributed by atoms with van der Waals surface area (Å²) in [5, 5.41) is 9.31. The number of hydrogen-bond acceptors (Lipinski definition) is 6. The van der Waals surface area contributed by atoms with E-state index in [1.165, 1.54) is 36.4 Å². The van der Waals surface area contributed by atoms with Crippen molar-refractivity contribution in [1.29, 1.82) is 5.26 Å². The normalized spacial score (nSPS) is 18.1. The van der Waals surface area contributed by atoms with Crippen LogP contribution < -0.4 is 4.90 Å². The maximum atomic E-state index is 14.9. The zero-order valence-electron chi connectivity index (χ0n) is 22.1. The van der Waals surface area contributed by atoms with Gasteiger partial charge in [0.05, 0.1) is 46.3 Å². The second-order valence-electron chi connectivity index (χ2n) is 10.3. The molecule has 1 atom stereocenters. The molecule has 208 valence electrons. The van der Waals surface area contributed by atoms with Gasteiger partial charge >= 0.3 is 0 Å². The van der Waals surface area contributed by atoms with Gasteiger partial charge in [0.2, 0.25) is 15.9 Å². The summed E-state index contributed by atoms with van der Waals surface area (Å²) < 4.78 is 57.1. The van der Waals surface area contributed by atoms with Gasteiger partial charge in [-0.2, -0.15) is 9.57 Å². The third-order valence-corrected chi connectivity index (χ3v) is 9.66. The monoisotopic (exact) mass is 565 g/mol. The number of carbonyl (C=O) groups is 1. The van der Waals surface area contributed by atoms with E-state index in [0.29, 0.717) is 11.6 Å². The Bertz CT molecular complexity index is 1570. The van der Waals surface area contributed by atoms with Gasteiger partial charge in [-0.3, -0.25) is 14.8 Å². The number of nitriles is 1. The third-order valence-electron chi connectivity index (χ3n) is 7.78. The standard InChI is InChI=1S/C29H29F2N5O3S/c1-19-21(15-32)13-23(14-25(19)31)40(38,39)36-12-11-28(36)29(37)35(27-10-6-5-9-24(27)30)18-22-16-34-26(17-33-22)20-7-3-2-4-8-20/h5-6,9-10,13-14,16-17,20,28H,2-4,7-8,11-12,18H2,1H3/t28-/m1/s1. The number of carbonyl (C=O) groups excluding carboxylic acids is 1. The fourth-order valence-electron chi connectivity index (χ4n) is 5.30. The van der Waals surface area contributed by atoms with Crippen molar-refractivity contribution in [2.45, 2.75) is 68.8 Å². The van der Waals surface area contributed by atoms with Crippen molar-refractivity contribution >= 4 is 21.6 Å². The Morgan fingerprint density at radius 2 is 1.82 bits per heavy atom. The lowest BCUT2D eigenvalue weighted by Crippen LogP contribution is -2.59. The molecule has 3 aromatic rings. The maximum absolute atomic E-state index is 14.9. The van der Waals surface area contributed by atoms with Crippen molar-refractivity contribution in [2.75, 3.05) is 11.4 Å². The minimum absolute atomic E-state index is 0.0111. The van der Waals surface area contributed by atoms with Crippen LogP contribution in [0.5, 0.6) is 0 Å². The minimum atomic E-state index is -4.31. The van der Waals surface area contributed by atoms with Gasteiger partial charge in [0, 0.05) is 24.2 Å². The quantitative estimate of drug-likeness (QED) is 0.400. The molecule has 1 saturated heterocycles. The average Bonchev–Trinajstić information content (AvgIpc) is 2.93. The van der Waals surface area contributed by atoms with Crippen LogP contribution in [0.15, 0.2) is 53.7 Å². The Hall–Kier alpha value is -3.75. The van der Waals surface area contributed by atoms with Gasteiger partial charge in [-0.05, 0) is 50.5 Å². The molecule has 0 bridgehead atoms. The highest BCUT2D eigenvalue weighted by Gasteiger charge is 2.45. The largest absolute Gasteiger partial charge is 0.302 e. The number of hydrogen-bond donors (Lipinski definition) is 0. The van der Waals surface area contributed by atoms with Crippen LogP contribution in [0.1, 0.15) is 67.0 Å². The van der Waals surface area contributed by atoms with Gasteiger partial charge in [0.15, 0.2) is 0 Å². The van der Waals surface area contributed by atoms with E-state index in [9.17, 15) is 27.3 Å². The molecular weight excluding hydrogens is 536 g/mol. The van der Waals surface area contributed by atoms with Gasteiger partial charge in [0.1, 0.15) is 17.7 Å². The van der Waals surface area contributed by atoms with Crippen LogP contribution in [0.25, 0.3) is 0 Å². The topological polar surface area (TPSA) is 107 Å². The van der Waals surface area contributed by atoms with Gasteiger partial charge in [0.25, 0.3) is 0 Å². The molecule has 0 radical (unpaired) electrons. The molecule has 11 heteroatoms. The first kappa shape index (κ1) is 27.8.